The van der Waals surface area contributed by atoms with Crippen molar-refractivity contribution >= 4 is 17.8 Å². The second-order valence-corrected chi connectivity index (χ2v) is 5.10. The summed E-state index contributed by atoms with van der Waals surface area (Å²) in [4.78, 5) is 38.4. The minimum Gasteiger partial charge on any atom is -0.466 e. The van der Waals surface area contributed by atoms with Gasteiger partial charge in [-0.25, -0.2) is 0 Å². The van der Waals surface area contributed by atoms with Crippen LogP contribution in [0.1, 0.15) is 26.2 Å². The van der Waals surface area contributed by atoms with E-state index in [0.717, 1.165) is 19.4 Å². The first-order valence-corrected chi connectivity index (χ1v) is 6.75. The number of esters is 1. The van der Waals surface area contributed by atoms with Crippen LogP contribution in [0.5, 0.6) is 0 Å². The molecule has 0 radical (unpaired) electrons. The van der Waals surface area contributed by atoms with Gasteiger partial charge in [-0.2, -0.15) is 0 Å². The summed E-state index contributed by atoms with van der Waals surface area (Å²) in [6.07, 6.45) is 1.87. The number of hydrogen-bond acceptors (Lipinski definition) is 5. The lowest BCUT2D eigenvalue weighted by molar-refractivity contribution is -0.151. The molecule has 1 unspecified atom stereocenters. The van der Waals surface area contributed by atoms with Gasteiger partial charge in [0.25, 0.3) is 0 Å². The third kappa shape index (κ3) is 2.78. The van der Waals surface area contributed by atoms with Crippen LogP contribution in [0.3, 0.4) is 0 Å². The normalized spacial score (nSPS) is 28.8. The average molecular weight is 268 g/mol. The average Bonchev–Trinajstić information content (AvgIpc) is 2.67. The summed E-state index contributed by atoms with van der Waals surface area (Å²) in [5, 5.41) is 0. The lowest BCUT2D eigenvalue weighted by Crippen LogP contribution is -2.48. The van der Waals surface area contributed by atoms with E-state index in [9.17, 15) is 14.4 Å². The highest BCUT2D eigenvalue weighted by Crippen LogP contribution is 2.24. The molecule has 2 fully saturated rings. The largest absolute Gasteiger partial charge is 0.466 e. The number of rotatable bonds is 3. The van der Waals surface area contributed by atoms with Gasteiger partial charge in [-0.15, -0.1) is 0 Å². The molecule has 6 nitrogen and oxygen atoms in total. The Kier molecular flexibility index (Phi) is 4.19. The zero-order valence-electron chi connectivity index (χ0n) is 11.4. The van der Waals surface area contributed by atoms with Gasteiger partial charge < -0.3 is 4.74 Å². The quantitative estimate of drug-likeness (QED) is 0.533. The van der Waals surface area contributed by atoms with Crippen LogP contribution in [-0.2, 0) is 19.1 Å². The summed E-state index contributed by atoms with van der Waals surface area (Å²) in [5.74, 6) is -0.678. The molecule has 0 aromatic heterocycles. The van der Waals surface area contributed by atoms with Crippen LogP contribution in [0.2, 0.25) is 0 Å². The topological polar surface area (TPSA) is 66.9 Å². The summed E-state index contributed by atoms with van der Waals surface area (Å²) in [7, 11) is 1.51. The Hall–Kier alpha value is -1.43. The van der Waals surface area contributed by atoms with E-state index in [1.165, 1.54) is 11.9 Å². The molecule has 0 bridgehead atoms. The minimum atomic E-state index is -0.394. The maximum Gasteiger partial charge on any atom is 0.310 e. The fraction of sp³-hybridized carbons (Fsp3) is 0.769. The van der Waals surface area contributed by atoms with Crippen molar-refractivity contribution in [2.75, 3.05) is 26.7 Å². The molecular weight excluding hydrogens is 248 g/mol. The van der Waals surface area contributed by atoms with E-state index in [0.29, 0.717) is 13.2 Å². The standard InChI is InChI=1S/C13H20N2O4/c1-3-19-13(18)9-5-4-6-15(8-9)10-7-11(16)14(2)12(10)17/h9-10H,3-8H2,1-2H3/t9-,10?/m1/s1. The highest BCUT2D eigenvalue weighted by molar-refractivity contribution is 6.05. The Balaban J connectivity index is 2.00. The molecule has 0 aromatic rings. The number of carbonyl (C=O) groups is 3. The molecule has 2 rings (SSSR count). The third-order valence-corrected chi connectivity index (χ3v) is 3.87. The van der Waals surface area contributed by atoms with E-state index in [2.05, 4.69) is 0 Å². The second kappa shape index (κ2) is 5.69. The first kappa shape index (κ1) is 14.0. The van der Waals surface area contributed by atoms with Gasteiger partial charge in [-0.3, -0.25) is 24.2 Å². The molecule has 0 spiro atoms. The number of amides is 2. The van der Waals surface area contributed by atoms with Crippen molar-refractivity contribution < 1.29 is 19.1 Å². The number of ether oxygens (including phenoxy) is 1. The van der Waals surface area contributed by atoms with Gasteiger partial charge in [0.1, 0.15) is 0 Å². The van der Waals surface area contributed by atoms with Crippen LogP contribution < -0.4 is 0 Å². The predicted molar refractivity (Wildman–Crippen MR) is 67.1 cm³/mol. The Labute approximate surface area is 112 Å². The van der Waals surface area contributed by atoms with Gasteiger partial charge in [-0.05, 0) is 26.3 Å². The first-order chi connectivity index (χ1) is 9.04. The fourth-order valence-corrected chi connectivity index (χ4v) is 2.76. The van der Waals surface area contributed by atoms with E-state index in [1.807, 2.05) is 4.90 Å². The molecule has 0 aromatic carbocycles. The number of nitrogens with zero attached hydrogens (tertiary/aromatic N) is 2. The third-order valence-electron chi connectivity index (χ3n) is 3.87. The predicted octanol–water partition coefficient (Wildman–Crippen LogP) is 0.0188. The summed E-state index contributed by atoms with van der Waals surface area (Å²) in [6, 6.07) is -0.394. The lowest BCUT2D eigenvalue weighted by atomic mass is 9.96. The molecule has 2 aliphatic heterocycles. The van der Waals surface area contributed by atoms with Crippen LogP contribution in [0, 0.1) is 5.92 Å². The SMILES string of the molecule is CCOC(=O)[C@@H]1CCCN(C2CC(=O)N(C)C2=O)C1. The molecule has 2 amide bonds. The molecule has 6 heteroatoms. The molecular formula is C13H20N2O4. The zero-order valence-corrected chi connectivity index (χ0v) is 11.4. The van der Waals surface area contributed by atoms with E-state index >= 15 is 0 Å². The Morgan fingerprint density at radius 3 is 2.74 bits per heavy atom. The molecule has 0 N–H and O–H groups in total. The molecule has 0 aliphatic carbocycles. The van der Waals surface area contributed by atoms with Crippen molar-refractivity contribution in [1.29, 1.82) is 0 Å². The smallest absolute Gasteiger partial charge is 0.310 e. The fourth-order valence-electron chi connectivity index (χ4n) is 2.76. The summed E-state index contributed by atoms with van der Waals surface area (Å²) in [6.45, 7) is 3.43. The number of carbonyl (C=O) groups excluding carboxylic acids is 3. The molecule has 0 saturated carbocycles. The van der Waals surface area contributed by atoms with Crippen molar-refractivity contribution in [2.24, 2.45) is 5.92 Å². The monoisotopic (exact) mass is 268 g/mol. The number of piperidine rings is 1. The van der Waals surface area contributed by atoms with Crippen molar-refractivity contribution in [2.45, 2.75) is 32.2 Å². The van der Waals surface area contributed by atoms with E-state index in [-0.39, 0.29) is 30.1 Å². The second-order valence-electron chi connectivity index (χ2n) is 5.10. The number of hydrogen-bond donors (Lipinski definition) is 0. The van der Waals surface area contributed by atoms with Gasteiger partial charge in [0, 0.05) is 13.6 Å². The van der Waals surface area contributed by atoms with Crippen molar-refractivity contribution in [3.8, 4) is 0 Å². The summed E-state index contributed by atoms with van der Waals surface area (Å²) < 4.78 is 5.03. The van der Waals surface area contributed by atoms with Crippen LogP contribution in [0.4, 0.5) is 0 Å². The van der Waals surface area contributed by atoms with Crippen LogP contribution >= 0.6 is 0 Å². The van der Waals surface area contributed by atoms with Crippen LogP contribution in [0.15, 0.2) is 0 Å². The van der Waals surface area contributed by atoms with Crippen molar-refractivity contribution in [3.63, 3.8) is 0 Å². The minimum absolute atomic E-state index is 0.145. The van der Waals surface area contributed by atoms with Gasteiger partial charge in [0.15, 0.2) is 0 Å². The number of likely N-dealkylation sites (N-methyl/N-ethyl adjacent to an activating group) is 1. The van der Waals surface area contributed by atoms with Gasteiger partial charge in [0.05, 0.1) is 25.0 Å². The highest BCUT2D eigenvalue weighted by atomic mass is 16.5. The van der Waals surface area contributed by atoms with Crippen molar-refractivity contribution in [3.05, 3.63) is 0 Å². The summed E-state index contributed by atoms with van der Waals surface area (Å²) in [5.41, 5.74) is 0. The first-order valence-electron chi connectivity index (χ1n) is 6.75. The molecule has 19 heavy (non-hydrogen) atoms. The lowest BCUT2D eigenvalue weighted by Gasteiger charge is -2.34. The van der Waals surface area contributed by atoms with E-state index in [1.54, 1.807) is 6.92 Å². The van der Waals surface area contributed by atoms with Crippen LogP contribution in [-0.4, -0.2) is 60.4 Å². The Bertz CT molecular complexity index is 396. The van der Waals surface area contributed by atoms with Gasteiger partial charge in [-0.1, -0.05) is 0 Å². The molecule has 2 heterocycles. The van der Waals surface area contributed by atoms with E-state index < -0.39 is 6.04 Å². The number of imide groups is 1. The zero-order chi connectivity index (χ0) is 14.0. The summed E-state index contributed by atoms with van der Waals surface area (Å²) >= 11 is 0. The molecule has 2 atom stereocenters. The van der Waals surface area contributed by atoms with Crippen molar-refractivity contribution in [1.82, 2.24) is 9.80 Å². The highest BCUT2D eigenvalue weighted by Gasteiger charge is 2.42. The molecule has 2 saturated heterocycles. The molecule has 106 valence electrons. The van der Waals surface area contributed by atoms with Crippen LogP contribution in [0.25, 0.3) is 0 Å². The van der Waals surface area contributed by atoms with Gasteiger partial charge in [0.2, 0.25) is 11.8 Å². The Morgan fingerprint density at radius 1 is 1.42 bits per heavy atom. The van der Waals surface area contributed by atoms with E-state index in [4.69, 9.17) is 4.74 Å². The Morgan fingerprint density at radius 2 is 2.16 bits per heavy atom. The number of likely N-dealkylation sites (tertiary alicyclic amines) is 2. The maximum absolute atomic E-state index is 12.0. The maximum atomic E-state index is 12.0. The molecule has 2 aliphatic rings. The van der Waals surface area contributed by atoms with Gasteiger partial charge >= 0.3 is 5.97 Å².